The van der Waals surface area contributed by atoms with E-state index >= 15 is 0 Å². The highest BCUT2D eigenvalue weighted by atomic mass is 19.1. The number of halogens is 1. The molecule has 1 heterocycles. The standard InChI is InChI=1S/C20H21FN4O2/c1-14-3-5-15(6-4-14)13-22-20(26)25(2)12-11-18-23-19(27-24-18)16-7-9-17(21)10-8-16/h3-10H,11-13H2,1-2H3,(H,22,26). The van der Waals surface area contributed by atoms with Crippen LogP contribution in [0.3, 0.4) is 0 Å². The highest BCUT2D eigenvalue weighted by Gasteiger charge is 2.12. The Morgan fingerprint density at radius 2 is 1.85 bits per heavy atom. The van der Waals surface area contributed by atoms with Gasteiger partial charge in [0.2, 0.25) is 0 Å². The lowest BCUT2D eigenvalue weighted by Gasteiger charge is -2.17. The van der Waals surface area contributed by atoms with Gasteiger partial charge < -0.3 is 14.7 Å². The van der Waals surface area contributed by atoms with Gasteiger partial charge in [-0.05, 0) is 36.8 Å². The van der Waals surface area contributed by atoms with E-state index in [1.165, 1.54) is 17.7 Å². The SMILES string of the molecule is Cc1ccc(CNC(=O)N(C)CCc2noc(-c3ccc(F)cc3)n2)cc1. The van der Waals surface area contributed by atoms with Gasteiger partial charge in [0, 0.05) is 32.1 Å². The summed E-state index contributed by atoms with van der Waals surface area (Å²) in [5, 5.41) is 6.79. The van der Waals surface area contributed by atoms with Gasteiger partial charge >= 0.3 is 6.03 Å². The molecule has 140 valence electrons. The Labute approximate surface area is 157 Å². The second-order valence-electron chi connectivity index (χ2n) is 6.34. The highest BCUT2D eigenvalue weighted by Crippen LogP contribution is 2.17. The molecule has 1 aromatic heterocycles. The van der Waals surface area contributed by atoms with Crippen LogP contribution in [0.1, 0.15) is 17.0 Å². The number of aromatic nitrogens is 2. The van der Waals surface area contributed by atoms with E-state index in [-0.39, 0.29) is 11.8 Å². The van der Waals surface area contributed by atoms with Crippen LogP contribution in [0.5, 0.6) is 0 Å². The summed E-state index contributed by atoms with van der Waals surface area (Å²) in [7, 11) is 1.71. The van der Waals surface area contributed by atoms with Gasteiger partial charge in [0.15, 0.2) is 5.82 Å². The average Bonchev–Trinajstić information content (AvgIpc) is 3.15. The molecule has 0 aliphatic heterocycles. The molecule has 0 saturated carbocycles. The van der Waals surface area contributed by atoms with Crippen LogP contribution in [0.2, 0.25) is 0 Å². The number of likely N-dealkylation sites (N-methyl/N-ethyl adjacent to an activating group) is 1. The molecule has 2 amide bonds. The van der Waals surface area contributed by atoms with Crippen molar-refractivity contribution in [2.45, 2.75) is 19.9 Å². The smallest absolute Gasteiger partial charge is 0.317 e. The molecule has 0 radical (unpaired) electrons. The summed E-state index contributed by atoms with van der Waals surface area (Å²) in [6, 6.07) is 13.7. The fourth-order valence-corrected chi connectivity index (χ4v) is 2.45. The summed E-state index contributed by atoms with van der Waals surface area (Å²) in [6.07, 6.45) is 0.457. The van der Waals surface area contributed by atoms with Crippen LogP contribution in [-0.2, 0) is 13.0 Å². The quantitative estimate of drug-likeness (QED) is 0.722. The summed E-state index contributed by atoms with van der Waals surface area (Å²) in [5.41, 5.74) is 2.88. The van der Waals surface area contributed by atoms with Crippen LogP contribution >= 0.6 is 0 Å². The van der Waals surface area contributed by atoms with Crippen molar-refractivity contribution in [3.8, 4) is 11.5 Å². The first kappa shape index (κ1) is 18.6. The minimum absolute atomic E-state index is 0.169. The Morgan fingerprint density at radius 3 is 2.56 bits per heavy atom. The Hall–Kier alpha value is -3.22. The predicted octanol–water partition coefficient (Wildman–Crippen LogP) is 3.57. The predicted molar refractivity (Wildman–Crippen MR) is 99.4 cm³/mol. The minimum Gasteiger partial charge on any atom is -0.334 e. The number of urea groups is 1. The van der Waals surface area contributed by atoms with Crippen LogP contribution in [0, 0.1) is 12.7 Å². The van der Waals surface area contributed by atoms with E-state index < -0.39 is 0 Å². The highest BCUT2D eigenvalue weighted by molar-refractivity contribution is 5.73. The van der Waals surface area contributed by atoms with E-state index in [2.05, 4.69) is 15.5 Å². The number of rotatable bonds is 6. The molecule has 0 saturated heterocycles. The van der Waals surface area contributed by atoms with E-state index in [0.29, 0.717) is 36.8 Å². The molecule has 1 N–H and O–H groups in total. The first-order chi connectivity index (χ1) is 13.0. The number of amides is 2. The van der Waals surface area contributed by atoms with Crippen LogP contribution in [0.15, 0.2) is 53.1 Å². The van der Waals surface area contributed by atoms with E-state index in [9.17, 15) is 9.18 Å². The van der Waals surface area contributed by atoms with Crippen molar-refractivity contribution in [3.05, 3.63) is 71.3 Å². The molecule has 0 fully saturated rings. The summed E-state index contributed by atoms with van der Waals surface area (Å²) in [4.78, 5) is 18.0. The van der Waals surface area contributed by atoms with Crippen LogP contribution < -0.4 is 5.32 Å². The molecular formula is C20H21FN4O2. The largest absolute Gasteiger partial charge is 0.334 e. The first-order valence-electron chi connectivity index (χ1n) is 8.64. The number of carbonyl (C=O) groups excluding carboxylic acids is 1. The summed E-state index contributed by atoms with van der Waals surface area (Å²) < 4.78 is 18.2. The van der Waals surface area contributed by atoms with Crippen LogP contribution in [0.25, 0.3) is 11.5 Å². The van der Waals surface area contributed by atoms with Gasteiger partial charge in [-0.1, -0.05) is 35.0 Å². The van der Waals surface area contributed by atoms with Crippen molar-refractivity contribution in [1.29, 1.82) is 0 Å². The molecule has 2 aromatic carbocycles. The van der Waals surface area contributed by atoms with E-state index in [1.54, 1.807) is 24.1 Å². The van der Waals surface area contributed by atoms with Crippen molar-refractivity contribution < 1.29 is 13.7 Å². The molecule has 7 heteroatoms. The molecule has 0 bridgehead atoms. The lowest BCUT2D eigenvalue weighted by Crippen LogP contribution is -2.38. The van der Waals surface area contributed by atoms with Gasteiger partial charge in [-0.2, -0.15) is 4.98 Å². The number of hydrogen-bond donors (Lipinski definition) is 1. The second kappa shape index (κ2) is 8.44. The zero-order valence-electron chi connectivity index (χ0n) is 15.3. The summed E-state index contributed by atoms with van der Waals surface area (Å²) in [6.45, 7) is 2.94. The lowest BCUT2D eigenvalue weighted by molar-refractivity contribution is 0.208. The molecule has 6 nitrogen and oxygen atoms in total. The van der Waals surface area contributed by atoms with Gasteiger partial charge in [-0.3, -0.25) is 0 Å². The fraction of sp³-hybridized carbons (Fsp3) is 0.250. The van der Waals surface area contributed by atoms with E-state index in [0.717, 1.165) is 5.56 Å². The van der Waals surface area contributed by atoms with E-state index in [1.807, 2.05) is 31.2 Å². The number of hydrogen-bond acceptors (Lipinski definition) is 4. The molecule has 0 atom stereocenters. The van der Waals surface area contributed by atoms with Gasteiger partial charge in [-0.25, -0.2) is 9.18 Å². The summed E-state index contributed by atoms with van der Waals surface area (Å²) >= 11 is 0. The van der Waals surface area contributed by atoms with Crippen LogP contribution in [-0.4, -0.2) is 34.7 Å². The Bertz CT molecular complexity index is 891. The number of nitrogens with one attached hydrogen (secondary N) is 1. The minimum atomic E-state index is -0.322. The van der Waals surface area contributed by atoms with Crippen LogP contribution in [0.4, 0.5) is 9.18 Å². The average molecular weight is 368 g/mol. The monoisotopic (exact) mass is 368 g/mol. The Kier molecular flexibility index (Phi) is 5.80. The first-order valence-corrected chi connectivity index (χ1v) is 8.64. The zero-order chi connectivity index (χ0) is 19.2. The molecule has 0 unspecified atom stereocenters. The van der Waals surface area contributed by atoms with Crippen molar-refractivity contribution in [2.24, 2.45) is 0 Å². The topological polar surface area (TPSA) is 71.3 Å². The second-order valence-corrected chi connectivity index (χ2v) is 6.34. The Balaban J connectivity index is 1.48. The van der Waals surface area contributed by atoms with Crippen molar-refractivity contribution >= 4 is 6.03 Å². The van der Waals surface area contributed by atoms with Gasteiger partial charge in [0.05, 0.1) is 0 Å². The maximum Gasteiger partial charge on any atom is 0.317 e. The van der Waals surface area contributed by atoms with Crippen molar-refractivity contribution in [2.75, 3.05) is 13.6 Å². The number of aryl methyl sites for hydroxylation is 1. The third-order valence-corrected chi connectivity index (χ3v) is 4.14. The molecule has 27 heavy (non-hydrogen) atoms. The fourth-order valence-electron chi connectivity index (χ4n) is 2.45. The molecule has 0 aliphatic rings. The number of benzene rings is 2. The zero-order valence-corrected chi connectivity index (χ0v) is 15.3. The lowest BCUT2D eigenvalue weighted by atomic mass is 10.1. The molecule has 0 spiro atoms. The van der Waals surface area contributed by atoms with Gasteiger partial charge in [-0.15, -0.1) is 0 Å². The number of carbonyl (C=O) groups is 1. The maximum absolute atomic E-state index is 13.0. The molecular weight excluding hydrogens is 347 g/mol. The number of nitrogens with zero attached hydrogens (tertiary/aromatic N) is 3. The Morgan fingerprint density at radius 1 is 1.15 bits per heavy atom. The molecule has 3 aromatic rings. The third kappa shape index (κ3) is 5.13. The van der Waals surface area contributed by atoms with E-state index in [4.69, 9.17) is 4.52 Å². The molecule has 3 rings (SSSR count). The van der Waals surface area contributed by atoms with Crippen molar-refractivity contribution in [3.63, 3.8) is 0 Å². The normalized spacial score (nSPS) is 10.6. The maximum atomic E-state index is 13.0. The molecule has 0 aliphatic carbocycles. The summed E-state index contributed by atoms with van der Waals surface area (Å²) in [5.74, 6) is 0.501. The van der Waals surface area contributed by atoms with Gasteiger partial charge in [0.1, 0.15) is 5.82 Å². The van der Waals surface area contributed by atoms with Crippen molar-refractivity contribution in [1.82, 2.24) is 20.4 Å². The third-order valence-electron chi connectivity index (χ3n) is 4.14. The van der Waals surface area contributed by atoms with Gasteiger partial charge in [0.25, 0.3) is 5.89 Å².